The molecule has 4 aromatic rings. The third kappa shape index (κ3) is 5.94. The highest BCUT2D eigenvalue weighted by Gasteiger charge is 2.25. The topological polar surface area (TPSA) is 80.0 Å². The van der Waals surface area contributed by atoms with Crippen molar-refractivity contribution in [3.63, 3.8) is 0 Å². The maximum absolute atomic E-state index is 13.6. The monoisotopic (exact) mass is 531 g/mol. The highest BCUT2D eigenvalue weighted by atomic mass is 19.1. The Labute approximate surface area is 226 Å². The summed E-state index contributed by atoms with van der Waals surface area (Å²) in [5, 5.41) is 4.56. The summed E-state index contributed by atoms with van der Waals surface area (Å²) in [6.07, 6.45) is 3.68. The largest absolute Gasteiger partial charge is 0.353 e. The smallest absolute Gasteiger partial charge is 0.244 e. The summed E-state index contributed by atoms with van der Waals surface area (Å²) in [4.78, 5) is 30.9. The number of aromatic nitrogens is 5. The van der Waals surface area contributed by atoms with Gasteiger partial charge in [0.2, 0.25) is 5.91 Å². The van der Waals surface area contributed by atoms with Crippen LogP contribution in [-0.2, 0) is 11.3 Å². The van der Waals surface area contributed by atoms with Crippen LogP contribution in [0.1, 0.15) is 38.3 Å². The zero-order chi connectivity index (χ0) is 27.4. The molecule has 0 spiro atoms. The summed E-state index contributed by atoms with van der Waals surface area (Å²) in [7, 11) is 0. The second kappa shape index (κ2) is 11.7. The van der Waals surface area contributed by atoms with E-state index in [2.05, 4.69) is 44.9 Å². The van der Waals surface area contributed by atoms with Crippen LogP contribution >= 0.6 is 0 Å². The first-order chi connectivity index (χ1) is 18.9. The van der Waals surface area contributed by atoms with Crippen LogP contribution < -0.4 is 4.90 Å². The minimum Gasteiger partial charge on any atom is -0.353 e. The molecule has 10 heteroatoms. The maximum atomic E-state index is 13.6. The van der Waals surface area contributed by atoms with Gasteiger partial charge in [-0.3, -0.25) is 4.79 Å². The number of hydrogen-bond donors (Lipinski definition) is 0. The number of hydrogen-bond acceptors (Lipinski definition) is 6. The van der Waals surface area contributed by atoms with E-state index in [1.54, 1.807) is 30.6 Å². The summed E-state index contributed by atoms with van der Waals surface area (Å²) in [5.41, 5.74) is 2.31. The third-order valence-corrected chi connectivity index (χ3v) is 7.20. The molecule has 2 aromatic heterocycles. The van der Waals surface area contributed by atoms with Gasteiger partial charge < -0.3 is 9.80 Å². The van der Waals surface area contributed by atoms with Crippen LogP contribution in [0.3, 0.4) is 0 Å². The molecule has 0 bridgehead atoms. The Kier molecular flexibility index (Phi) is 7.90. The van der Waals surface area contributed by atoms with E-state index in [1.165, 1.54) is 28.9 Å². The molecule has 0 aliphatic carbocycles. The van der Waals surface area contributed by atoms with Crippen molar-refractivity contribution >= 4 is 11.7 Å². The molecule has 0 unspecified atom stereocenters. The predicted octanol–water partition coefficient (Wildman–Crippen LogP) is 4.93. The Hall–Kier alpha value is -4.21. The molecule has 0 atom stereocenters. The molecule has 1 aliphatic heterocycles. The van der Waals surface area contributed by atoms with Crippen LogP contribution in [-0.4, -0.2) is 61.7 Å². The molecule has 0 radical (unpaired) electrons. The van der Waals surface area contributed by atoms with Crippen molar-refractivity contribution in [3.8, 4) is 22.8 Å². The number of piperazine rings is 1. The number of amides is 1. The third-order valence-electron chi connectivity index (χ3n) is 7.20. The average molecular weight is 532 g/mol. The second-order valence-electron chi connectivity index (χ2n) is 9.61. The van der Waals surface area contributed by atoms with Gasteiger partial charge in [-0.05, 0) is 61.4 Å². The molecule has 1 saturated heterocycles. The van der Waals surface area contributed by atoms with Crippen molar-refractivity contribution in [2.75, 3.05) is 31.1 Å². The number of rotatable bonds is 8. The van der Waals surface area contributed by atoms with Gasteiger partial charge in [-0.15, -0.1) is 5.10 Å². The van der Waals surface area contributed by atoms with E-state index in [1.807, 2.05) is 4.90 Å². The molecule has 0 N–H and O–H groups in total. The predicted molar refractivity (Wildman–Crippen MR) is 145 cm³/mol. The van der Waals surface area contributed by atoms with Gasteiger partial charge >= 0.3 is 0 Å². The van der Waals surface area contributed by atoms with Crippen LogP contribution in [0, 0.1) is 11.6 Å². The molecule has 202 valence electrons. The molecule has 5 rings (SSSR count). The highest BCUT2D eigenvalue weighted by Crippen LogP contribution is 2.25. The van der Waals surface area contributed by atoms with Crippen LogP contribution in [0.25, 0.3) is 22.8 Å². The van der Waals surface area contributed by atoms with Gasteiger partial charge in [-0.25, -0.2) is 28.4 Å². The van der Waals surface area contributed by atoms with E-state index in [-0.39, 0.29) is 24.1 Å². The van der Waals surface area contributed by atoms with Crippen molar-refractivity contribution in [2.24, 2.45) is 0 Å². The summed E-state index contributed by atoms with van der Waals surface area (Å²) in [5.74, 6) is 1.28. The van der Waals surface area contributed by atoms with E-state index >= 15 is 0 Å². The summed E-state index contributed by atoms with van der Waals surface area (Å²) >= 11 is 0. The Morgan fingerprint density at radius 1 is 0.872 bits per heavy atom. The van der Waals surface area contributed by atoms with Gasteiger partial charge in [-0.1, -0.05) is 13.8 Å². The lowest BCUT2D eigenvalue weighted by atomic mass is 9.99. The van der Waals surface area contributed by atoms with Gasteiger partial charge in [0, 0.05) is 55.0 Å². The van der Waals surface area contributed by atoms with Crippen molar-refractivity contribution in [3.05, 3.63) is 78.3 Å². The SMILES string of the molecule is CCC(CC)c1cc(N2CCN(C(=O)Cn3nc(-c4ccc(F)cc4)nc3-c3ccc(F)cc3)CC2)ncn1. The number of carbonyl (C=O) groups is 1. The van der Waals surface area contributed by atoms with Crippen LogP contribution in [0.15, 0.2) is 60.9 Å². The lowest BCUT2D eigenvalue weighted by Gasteiger charge is -2.35. The van der Waals surface area contributed by atoms with Crippen molar-refractivity contribution in [1.29, 1.82) is 0 Å². The number of anilines is 1. The minimum absolute atomic E-state index is 0.0206. The van der Waals surface area contributed by atoms with Gasteiger partial charge in [-0.2, -0.15) is 0 Å². The normalized spacial score (nSPS) is 13.8. The minimum atomic E-state index is -0.367. The lowest BCUT2D eigenvalue weighted by molar-refractivity contribution is -0.132. The van der Waals surface area contributed by atoms with E-state index < -0.39 is 0 Å². The first-order valence-electron chi connectivity index (χ1n) is 13.3. The Bertz CT molecular complexity index is 1410. The second-order valence-corrected chi connectivity index (χ2v) is 9.61. The molecule has 3 heterocycles. The van der Waals surface area contributed by atoms with Crippen molar-refractivity contribution in [2.45, 2.75) is 39.2 Å². The molecule has 1 aliphatic rings. The average Bonchev–Trinajstić information content (AvgIpc) is 3.38. The Morgan fingerprint density at radius 2 is 1.49 bits per heavy atom. The standard InChI is InChI=1S/C29H31F2N7O/c1-3-20(4-2)25-17-26(33-19-32-25)36-13-15-37(16-14-36)27(39)18-38-29(22-7-11-24(31)12-8-22)34-28(35-38)21-5-9-23(30)10-6-21/h5-12,17,19-20H,3-4,13-16,18H2,1-2H3. The summed E-state index contributed by atoms with van der Waals surface area (Å²) in [6, 6.07) is 13.8. The zero-order valence-corrected chi connectivity index (χ0v) is 22.1. The number of halogens is 2. The Morgan fingerprint density at radius 3 is 2.10 bits per heavy atom. The van der Waals surface area contributed by atoms with Crippen LogP contribution in [0.2, 0.25) is 0 Å². The van der Waals surface area contributed by atoms with E-state index in [0.29, 0.717) is 54.9 Å². The first kappa shape index (κ1) is 26.4. The van der Waals surface area contributed by atoms with Gasteiger partial charge in [0.1, 0.15) is 30.3 Å². The molecular weight excluding hydrogens is 500 g/mol. The van der Waals surface area contributed by atoms with Gasteiger partial charge in [0.15, 0.2) is 11.6 Å². The maximum Gasteiger partial charge on any atom is 0.244 e. The molecule has 1 amide bonds. The fourth-order valence-corrected chi connectivity index (χ4v) is 4.86. The lowest BCUT2D eigenvalue weighted by Crippen LogP contribution is -2.50. The molecule has 0 saturated carbocycles. The number of nitrogens with zero attached hydrogens (tertiary/aromatic N) is 7. The van der Waals surface area contributed by atoms with Crippen molar-refractivity contribution < 1.29 is 13.6 Å². The van der Waals surface area contributed by atoms with Crippen LogP contribution in [0.5, 0.6) is 0 Å². The van der Waals surface area contributed by atoms with E-state index in [4.69, 9.17) is 0 Å². The molecular formula is C29H31F2N7O. The fourth-order valence-electron chi connectivity index (χ4n) is 4.86. The zero-order valence-electron chi connectivity index (χ0n) is 22.1. The summed E-state index contributed by atoms with van der Waals surface area (Å²) in [6.45, 7) is 6.73. The molecule has 8 nitrogen and oxygen atoms in total. The Balaban J connectivity index is 1.31. The summed E-state index contributed by atoms with van der Waals surface area (Å²) < 4.78 is 28.5. The highest BCUT2D eigenvalue weighted by molar-refractivity contribution is 5.77. The van der Waals surface area contributed by atoms with E-state index in [0.717, 1.165) is 24.4 Å². The van der Waals surface area contributed by atoms with E-state index in [9.17, 15) is 13.6 Å². The van der Waals surface area contributed by atoms with Gasteiger partial charge in [0.05, 0.1) is 0 Å². The fraction of sp³-hybridized carbons (Fsp3) is 0.345. The number of benzene rings is 2. The first-order valence-corrected chi connectivity index (χ1v) is 13.3. The number of carbonyl (C=O) groups excluding carboxylic acids is 1. The molecule has 2 aromatic carbocycles. The van der Waals surface area contributed by atoms with Crippen molar-refractivity contribution in [1.82, 2.24) is 29.6 Å². The van der Waals surface area contributed by atoms with Gasteiger partial charge in [0.25, 0.3) is 0 Å². The van der Waals surface area contributed by atoms with Crippen LogP contribution in [0.4, 0.5) is 14.6 Å². The quantitative estimate of drug-likeness (QED) is 0.321. The molecule has 39 heavy (non-hydrogen) atoms. The molecule has 1 fully saturated rings.